The molecule has 124 valence electrons. The van der Waals surface area contributed by atoms with Crippen LogP contribution in [0.4, 0.5) is 4.79 Å². The molecule has 5 heteroatoms. The van der Waals surface area contributed by atoms with Crippen molar-refractivity contribution < 1.29 is 9.53 Å². The SMILES string of the molecule is CCCCC(CC)c1nn(C(N)=O)cc1-c1cccc(OC)c1. The summed E-state index contributed by atoms with van der Waals surface area (Å²) >= 11 is 0. The van der Waals surface area contributed by atoms with Crippen LogP contribution in [0.15, 0.2) is 30.5 Å². The number of aromatic nitrogens is 2. The number of carbonyl (C=O) groups is 1. The monoisotopic (exact) mass is 315 g/mol. The lowest BCUT2D eigenvalue weighted by Gasteiger charge is -2.14. The van der Waals surface area contributed by atoms with Gasteiger partial charge in [0.2, 0.25) is 0 Å². The van der Waals surface area contributed by atoms with Crippen LogP contribution in [0.1, 0.15) is 51.1 Å². The second-order valence-electron chi connectivity index (χ2n) is 5.69. The van der Waals surface area contributed by atoms with Gasteiger partial charge in [-0.05, 0) is 30.5 Å². The van der Waals surface area contributed by atoms with E-state index in [4.69, 9.17) is 10.5 Å². The molecule has 0 saturated carbocycles. The molecule has 2 aromatic rings. The molecule has 1 atom stereocenters. The molecule has 2 rings (SSSR count). The molecule has 1 amide bonds. The Hall–Kier alpha value is -2.30. The highest BCUT2D eigenvalue weighted by atomic mass is 16.5. The van der Waals surface area contributed by atoms with Crippen LogP contribution < -0.4 is 10.5 Å². The number of ether oxygens (including phenoxy) is 1. The van der Waals surface area contributed by atoms with E-state index in [1.54, 1.807) is 13.3 Å². The van der Waals surface area contributed by atoms with Crippen molar-refractivity contribution in [2.75, 3.05) is 7.11 Å². The predicted octanol–water partition coefficient (Wildman–Crippen LogP) is 4.17. The molecule has 1 heterocycles. The Morgan fingerprint density at radius 1 is 1.39 bits per heavy atom. The molecule has 1 unspecified atom stereocenters. The van der Waals surface area contributed by atoms with Gasteiger partial charge in [0, 0.05) is 17.7 Å². The van der Waals surface area contributed by atoms with Gasteiger partial charge in [-0.15, -0.1) is 0 Å². The van der Waals surface area contributed by atoms with E-state index >= 15 is 0 Å². The third-order valence-electron chi connectivity index (χ3n) is 4.13. The Balaban J connectivity index is 2.49. The van der Waals surface area contributed by atoms with Crippen molar-refractivity contribution in [1.82, 2.24) is 9.78 Å². The largest absolute Gasteiger partial charge is 0.497 e. The lowest BCUT2D eigenvalue weighted by atomic mass is 9.91. The van der Waals surface area contributed by atoms with E-state index in [0.29, 0.717) is 5.92 Å². The molecule has 0 saturated heterocycles. The minimum Gasteiger partial charge on any atom is -0.497 e. The smallest absolute Gasteiger partial charge is 0.339 e. The van der Waals surface area contributed by atoms with Gasteiger partial charge in [-0.3, -0.25) is 0 Å². The number of nitrogens with two attached hydrogens (primary N) is 1. The van der Waals surface area contributed by atoms with Gasteiger partial charge in [0.1, 0.15) is 5.75 Å². The summed E-state index contributed by atoms with van der Waals surface area (Å²) in [5.74, 6) is 1.10. The van der Waals surface area contributed by atoms with Gasteiger partial charge < -0.3 is 10.5 Å². The average Bonchev–Trinajstić information content (AvgIpc) is 3.01. The van der Waals surface area contributed by atoms with E-state index in [1.165, 1.54) is 4.68 Å². The maximum Gasteiger partial charge on any atom is 0.339 e. The number of carbonyl (C=O) groups excluding carboxylic acids is 1. The average molecular weight is 315 g/mol. The lowest BCUT2D eigenvalue weighted by Crippen LogP contribution is -2.20. The van der Waals surface area contributed by atoms with Crippen molar-refractivity contribution in [3.05, 3.63) is 36.2 Å². The van der Waals surface area contributed by atoms with Crippen molar-refractivity contribution in [2.45, 2.75) is 45.4 Å². The van der Waals surface area contributed by atoms with E-state index in [-0.39, 0.29) is 0 Å². The second-order valence-corrected chi connectivity index (χ2v) is 5.69. The summed E-state index contributed by atoms with van der Waals surface area (Å²) < 4.78 is 6.54. The van der Waals surface area contributed by atoms with Gasteiger partial charge in [0.15, 0.2) is 0 Å². The van der Waals surface area contributed by atoms with Crippen LogP contribution in [0.2, 0.25) is 0 Å². The number of rotatable bonds is 7. The molecule has 0 aliphatic heterocycles. The molecule has 23 heavy (non-hydrogen) atoms. The number of benzene rings is 1. The van der Waals surface area contributed by atoms with Crippen LogP contribution in [0.25, 0.3) is 11.1 Å². The molecule has 1 aromatic carbocycles. The molecular weight excluding hydrogens is 290 g/mol. The van der Waals surface area contributed by atoms with Gasteiger partial charge in [0.25, 0.3) is 0 Å². The van der Waals surface area contributed by atoms with Crippen LogP contribution in [-0.4, -0.2) is 22.9 Å². The summed E-state index contributed by atoms with van der Waals surface area (Å²) in [6.45, 7) is 4.33. The first-order chi connectivity index (χ1) is 11.1. The highest BCUT2D eigenvalue weighted by Crippen LogP contribution is 2.34. The number of primary amides is 1. The van der Waals surface area contributed by atoms with Gasteiger partial charge in [-0.1, -0.05) is 38.8 Å². The number of hydrogen-bond donors (Lipinski definition) is 1. The number of unbranched alkanes of at least 4 members (excludes halogenated alkanes) is 1. The Kier molecular flexibility index (Phi) is 5.79. The third kappa shape index (κ3) is 3.92. The van der Waals surface area contributed by atoms with Crippen LogP contribution in [0, 0.1) is 0 Å². The zero-order valence-corrected chi connectivity index (χ0v) is 14.1. The van der Waals surface area contributed by atoms with Gasteiger partial charge in [-0.2, -0.15) is 9.78 Å². The highest BCUT2D eigenvalue weighted by Gasteiger charge is 2.20. The fourth-order valence-corrected chi connectivity index (χ4v) is 2.80. The summed E-state index contributed by atoms with van der Waals surface area (Å²) in [5, 5.41) is 4.47. The molecule has 0 aliphatic carbocycles. The summed E-state index contributed by atoms with van der Waals surface area (Å²) in [5.41, 5.74) is 8.28. The molecule has 2 N–H and O–H groups in total. The van der Waals surface area contributed by atoms with E-state index in [2.05, 4.69) is 18.9 Å². The molecule has 0 bridgehead atoms. The van der Waals surface area contributed by atoms with Crippen molar-refractivity contribution in [1.29, 1.82) is 0 Å². The van der Waals surface area contributed by atoms with E-state index in [9.17, 15) is 4.79 Å². The van der Waals surface area contributed by atoms with E-state index in [1.807, 2.05) is 24.3 Å². The molecule has 1 aromatic heterocycles. The number of methoxy groups -OCH3 is 1. The lowest BCUT2D eigenvalue weighted by molar-refractivity contribution is 0.247. The first-order valence-corrected chi connectivity index (χ1v) is 8.14. The Morgan fingerprint density at radius 3 is 2.78 bits per heavy atom. The maximum atomic E-state index is 11.5. The molecule has 5 nitrogen and oxygen atoms in total. The fraction of sp³-hybridized carbons (Fsp3) is 0.444. The zero-order valence-electron chi connectivity index (χ0n) is 14.1. The summed E-state index contributed by atoms with van der Waals surface area (Å²) in [4.78, 5) is 11.5. The molecule has 0 aliphatic rings. The number of amides is 1. The maximum absolute atomic E-state index is 11.5. The minimum absolute atomic E-state index is 0.316. The Bertz CT molecular complexity index is 664. The summed E-state index contributed by atoms with van der Waals surface area (Å²) in [6, 6.07) is 7.23. The second kappa shape index (κ2) is 7.81. The summed E-state index contributed by atoms with van der Waals surface area (Å²) in [6.07, 6.45) is 6.04. The molecular formula is C18H25N3O2. The number of nitrogens with zero attached hydrogens (tertiary/aromatic N) is 2. The van der Waals surface area contributed by atoms with Crippen LogP contribution in [0.5, 0.6) is 5.75 Å². The van der Waals surface area contributed by atoms with Crippen molar-refractivity contribution in [3.63, 3.8) is 0 Å². The topological polar surface area (TPSA) is 70.1 Å². The van der Waals surface area contributed by atoms with Gasteiger partial charge >= 0.3 is 6.03 Å². The normalized spacial score (nSPS) is 12.1. The first-order valence-electron chi connectivity index (χ1n) is 8.14. The van der Waals surface area contributed by atoms with Gasteiger partial charge in [0.05, 0.1) is 12.8 Å². The number of hydrogen-bond acceptors (Lipinski definition) is 3. The molecule has 0 radical (unpaired) electrons. The van der Waals surface area contributed by atoms with Crippen LogP contribution in [-0.2, 0) is 0 Å². The fourth-order valence-electron chi connectivity index (χ4n) is 2.80. The quantitative estimate of drug-likeness (QED) is 0.833. The van der Waals surface area contributed by atoms with E-state index < -0.39 is 6.03 Å². The van der Waals surface area contributed by atoms with Gasteiger partial charge in [-0.25, -0.2) is 4.79 Å². The summed E-state index contributed by atoms with van der Waals surface area (Å²) in [7, 11) is 1.64. The third-order valence-corrected chi connectivity index (χ3v) is 4.13. The molecule has 0 fully saturated rings. The van der Waals surface area contributed by atoms with Crippen molar-refractivity contribution in [3.8, 4) is 16.9 Å². The van der Waals surface area contributed by atoms with Crippen molar-refractivity contribution in [2.24, 2.45) is 5.73 Å². The first kappa shape index (κ1) is 17.1. The predicted molar refractivity (Wildman–Crippen MR) is 91.8 cm³/mol. The Morgan fingerprint density at radius 2 is 2.17 bits per heavy atom. The molecule has 0 spiro atoms. The van der Waals surface area contributed by atoms with Crippen LogP contribution >= 0.6 is 0 Å². The van der Waals surface area contributed by atoms with Crippen molar-refractivity contribution >= 4 is 6.03 Å². The van der Waals surface area contributed by atoms with Crippen LogP contribution in [0.3, 0.4) is 0 Å². The zero-order chi connectivity index (χ0) is 16.8. The highest BCUT2D eigenvalue weighted by molar-refractivity contribution is 5.77. The minimum atomic E-state index is -0.564. The Labute approximate surface area is 137 Å². The van der Waals surface area contributed by atoms with E-state index in [0.717, 1.165) is 48.3 Å². The standard InChI is InChI=1S/C18H25N3O2/c1-4-6-8-13(5-2)17-16(12-21(20-17)18(19)22)14-9-7-10-15(11-14)23-3/h7,9-13H,4-6,8H2,1-3H3,(H2,19,22).